The molecule has 4 aromatic rings. The van der Waals surface area contributed by atoms with Crippen molar-refractivity contribution >= 4 is 28.2 Å². The van der Waals surface area contributed by atoms with Crippen molar-refractivity contribution in [1.29, 1.82) is 0 Å². The zero-order valence-electron chi connectivity index (χ0n) is 17.1. The van der Waals surface area contributed by atoms with Crippen LogP contribution in [0.2, 0.25) is 0 Å². The number of nitro groups is 1. The molecule has 1 heterocycles. The van der Waals surface area contributed by atoms with Gasteiger partial charge in [-0.1, -0.05) is 18.2 Å². The third kappa shape index (κ3) is 3.71. The molecule has 0 radical (unpaired) electrons. The first-order valence-electron chi connectivity index (χ1n) is 9.61. The molecule has 1 amide bonds. The Hall–Kier alpha value is -4.40. The van der Waals surface area contributed by atoms with Crippen molar-refractivity contribution in [1.82, 2.24) is 9.55 Å². The Morgan fingerprint density at radius 2 is 1.84 bits per heavy atom. The first kappa shape index (κ1) is 20.9. The Morgan fingerprint density at radius 1 is 1.09 bits per heavy atom. The predicted molar refractivity (Wildman–Crippen MR) is 118 cm³/mol. The first-order valence-corrected chi connectivity index (χ1v) is 9.61. The molecular formula is C23H17FN4O4. The molecule has 0 atom stereocenters. The molecule has 0 unspecified atom stereocenters. The highest BCUT2D eigenvalue weighted by molar-refractivity contribution is 6.05. The van der Waals surface area contributed by atoms with E-state index in [1.54, 1.807) is 38.1 Å². The number of aromatic nitrogens is 2. The fourth-order valence-corrected chi connectivity index (χ4v) is 3.44. The minimum Gasteiger partial charge on any atom is -0.319 e. The predicted octanol–water partition coefficient (Wildman–Crippen LogP) is 4.30. The molecule has 32 heavy (non-hydrogen) atoms. The lowest BCUT2D eigenvalue weighted by molar-refractivity contribution is -0.385. The minimum atomic E-state index is -0.719. The average molecular weight is 432 g/mol. The van der Waals surface area contributed by atoms with Gasteiger partial charge in [0.25, 0.3) is 17.2 Å². The van der Waals surface area contributed by atoms with E-state index in [-0.39, 0.29) is 22.5 Å². The first-order chi connectivity index (χ1) is 15.3. The van der Waals surface area contributed by atoms with Crippen LogP contribution < -0.4 is 10.9 Å². The molecule has 0 aliphatic heterocycles. The van der Waals surface area contributed by atoms with E-state index >= 15 is 0 Å². The Kier molecular flexibility index (Phi) is 5.23. The number of rotatable bonds is 4. The number of para-hydroxylation sites is 1. The van der Waals surface area contributed by atoms with Gasteiger partial charge < -0.3 is 5.32 Å². The summed E-state index contributed by atoms with van der Waals surface area (Å²) in [4.78, 5) is 40.6. The second-order valence-corrected chi connectivity index (χ2v) is 7.19. The maximum absolute atomic E-state index is 14.5. The zero-order chi connectivity index (χ0) is 23.0. The van der Waals surface area contributed by atoms with Gasteiger partial charge in [-0.25, -0.2) is 9.37 Å². The molecule has 9 heteroatoms. The number of halogens is 1. The summed E-state index contributed by atoms with van der Waals surface area (Å²) >= 11 is 0. The quantitative estimate of drug-likeness (QED) is 0.382. The van der Waals surface area contributed by atoms with Gasteiger partial charge in [-0.15, -0.1) is 0 Å². The number of nitrogens with zero attached hydrogens (tertiary/aromatic N) is 3. The van der Waals surface area contributed by atoms with Crippen molar-refractivity contribution in [2.75, 3.05) is 5.32 Å². The average Bonchev–Trinajstić information content (AvgIpc) is 2.76. The monoisotopic (exact) mass is 432 g/mol. The normalized spacial score (nSPS) is 10.8. The van der Waals surface area contributed by atoms with Crippen LogP contribution in [0.25, 0.3) is 16.6 Å². The summed E-state index contributed by atoms with van der Waals surface area (Å²) in [5.74, 6) is -1.04. The third-order valence-corrected chi connectivity index (χ3v) is 5.07. The number of amides is 1. The van der Waals surface area contributed by atoms with Crippen molar-refractivity contribution in [3.63, 3.8) is 0 Å². The molecule has 160 valence electrons. The summed E-state index contributed by atoms with van der Waals surface area (Å²) in [6.45, 7) is 3.21. The van der Waals surface area contributed by atoms with Crippen LogP contribution in [0.15, 0.2) is 65.5 Å². The van der Waals surface area contributed by atoms with Crippen LogP contribution in [0.5, 0.6) is 0 Å². The van der Waals surface area contributed by atoms with Crippen molar-refractivity contribution in [2.45, 2.75) is 13.8 Å². The smallest absolute Gasteiger partial charge is 0.273 e. The Bertz CT molecular complexity index is 1460. The summed E-state index contributed by atoms with van der Waals surface area (Å²) in [5.41, 5.74) is 0.559. The largest absolute Gasteiger partial charge is 0.319 e. The van der Waals surface area contributed by atoms with Gasteiger partial charge in [0.1, 0.15) is 11.6 Å². The molecule has 4 rings (SSSR count). The van der Waals surface area contributed by atoms with Crippen molar-refractivity contribution in [2.24, 2.45) is 0 Å². The van der Waals surface area contributed by atoms with Crippen molar-refractivity contribution < 1.29 is 14.1 Å². The van der Waals surface area contributed by atoms with Gasteiger partial charge in [-0.3, -0.25) is 24.3 Å². The van der Waals surface area contributed by atoms with Gasteiger partial charge in [0.2, 0.25) is 0 Å². The highest BCUT2D eigenvalue weighted by Crippen LogP contribution is 2.23. The second kappa shape index (κ2) is 8.03. The van der Waals surface area contributed by atoms with E-state index in [0.29, 0.717) is 28.0 Å². The van der Waals surface area contributed by atoms with Crippen LogP contribution >= 0.6 is 0 Å². The van der Waals surface area contributed by atoms with Crippen LogP contribution in [-0.4, -0.2) is 20.4 Å². The number of fused-ring (bicyclic) bond motifs is 1. The number of aryl methyl sites for hydroxylation is 2. The van der Waals surface area contributed by atoms with Crippen LogP contribution in [0.3, 0.4) is 0 Å². The van der Waals surface area contributed by atoms with Crippen LogP contribution in [0.4, 0.5) is 15.8 Å². The standard InChI is InChI=1S/C23H17FN4O4/c1-13-7-8-15(11-21(13)28(31)32)22(29)26-20-12-16(9-10-18(20)24)27-14(2)25-19-6-4-3-5-17(19)23(27)30/h3-12H,1-2H3,(H,26,29). The van der Waals surface area contributed by atoms with Gasteiger partial charge in [0, 0.05) is 17.2 Å². The maximum Gasteiger partial charge on any atom is 0.273 e. The van der Waals surface area contributed by atoms with E-state index in [1.165, 1.54) is 28.8 Å². The van der Waals surface area contributed by atoms with Crippen LogP contribution in [-0.2, 0) is 0 Å². The van der Waals surface area contributed by atoms with Gasteiger partial charge in [0.05, 0.1) is 27.2 Å². The van der Waals surface area contributed by atoms with Crippen molar-refractivity contribution in [3.8, 4) is 5.69 Å². The molecule has 0 aliphatic rings. The SMILES string of the molecule is Cc1ccc(C(=O)Nc2cc(-n3c(C)nc4ccccc4c3=O)ccc2F)cc1[N+](=O)[O-]. The zero-order valence-corrected chi connectivity index (χ0v) is 17.1. The van der Waals surface area contributed by atoms with Crippen LogP contribution in [0.1, 0.15) is 21.7 Å². The summed E-state index contributed by atoms with van der Waals surface area (Å²) in [6.07, 6.45) is 0. The van der Waals surface area contributed by atoms with Crippen LogP contribution in [0, 0.1) is 29.8 Å². The molecular weight excluding hydrogens is 415 g/mol. The van der Waals surface area contributed by atoms with E-state index in [1.807, 2.05) is 0 Å². The molecule has 3 aromatic carbocycles. The lowest BCUT2D eigenvalue weighted by Gasteiger charge is -2.13. The molecule has 0 saturated carbocycles. The number of anilines is 1. The maximum atomic E-state index is 14.5. The van der Waals surface area contributed by atoms with E-state index in [9.17, 15) is 24.1 Å². The molecule has 0 saturated heterocycles. The Labute approximate surface area is 181 Å². The van der Waals surface area contributed by atoms with E-state index in [2.05, 4.69) is 10.3 Å². The summed E-state index contributed by atoms with van der Waals surface area (Å²) in [6, 6.07) is 14.7. The highest BCUT2D eigenvalue weighted by Gasteiger charge is 2.17. The minimum absolute atomic E-state index is 0.00724. The fourth-order valence-electron chi connectivity index (χ4n) is 3.44. The number of carbonyl (C=O) groups excluding carboxylic acids is 1. The lowest BCUT2D eigenvalue weighted by Crippen LogP contribution is -2.22. The van der Waals surface area contributed by atoms with Gasteiger partial charge in [-0.05, 0) is 50.2 Å². The number of hydrogen-bond donors (Lipinski definition) is 1. The van der Waals surface area contributed by atoms with Gasteiger partial charge in [-0.2, -0.15) is 0 Å². The lowest BCUT2D eigenvalue weighted by atomic mass is 10.1. The molecule has 1 N–H and O–H groups in total. The molecule has 0 bridgehead atoms. The second-order valence-electron chi connectivity index (χ2n) is 7.19. The topological polar surface area (TPSA) is 107 Å². The van der Waals surface area contributed by atoms with E-state index in [4.69, 9.17) is 0 Å². The number of nitro benzene ring substituents is 1. The molecule has 1 aromatic heterocycles. The number of carbonyl (C=O) groups is 1. The van der Waals surface area contributed by atoms with Gasteiger partial charge >= 0.3 is 0 Å². The number of benzene rings is 3. The fraction of sp³-hybridized carbons (Fsp3) is 0.0870. The molecule has 0 fully saturated rings. The number of hydrogen-bond acceptors (Lipinski definition) is 5. The Balaban J connectivity index is 1.74. The summed E-state index contributed by atoms with van der Waals surface area (Å²) < 4.78 is 15.8. The third-order valence-electron chi connectivity index (χ3n) is 5.07. The highest BCUT2D eigenvalue weighted by atomic mass is 19.1. The van der Waals surface area contributed by atoms with E-state index < -0.39 is 16.6 Å². The number of nitrogens with one attached hydrogen (secondary N) is 1. The van der Waals surface area contributed by atoms with E-state index in [0.717, 1.165) is 12.1 Å². The summed E-state index contributed by atoms with van der Waals surface area (Å²) in [7, 11) is 0. The summed E-state index contributed by atoms with van der Waals surface area (Å²) in [5, 5.41) is 14.0. The molecule has 0 aliphatic carbocycles. The molecule has 0 spiro atoms. The van der Waals surface area contributed by atoms with Crippen molar-refractivity contribution in [3.05, 3.63) is 104 Å². The molecule has 8 nitrogen and oxygen atoms in total. The van der Waals surface area contributed by atoms with Gasteiger partial charge in [0.15, 0.2) is 0 Å². The Morgan fingerprint density at radius 3 is 2.59 bits per heavy atom.